The summed E-state index contributed by atoms with van der Waals surface area (Å²) in [5.41, 5.74) is 1.00. The molecule has 0 aliphatic carbocycles. The molecular weight excluding hydrogens is 264 g/mol. The highest BCUT2D eigenvalue weighted by atomic mass is 32.2. The lowest BCUT2D eigenvalue weighted by atomic mass is 10.2. The van der Waals surface area contributed by atoms with Crippen LogP contribution in [0.3, 0.4) is 0 Å². The number of hydrogen-bond donors (Lipinski definition) is 2. The predicted molar refractivity (Wildman–Crippen MR) is 74.3 cm³/mol. The number of benzene rings is 1. The molecule has 19 heavy (non-hydrogen) atoms. The average molecular weight is 284 g/mol. The molecule has 1 rings (SSSR count). The molecule has 0 fully saturated rings. The van der Waals surface area contributed by atoms with Crippen LogP contribution < -0.4 is 10.0 Å². The quantitative estimate of drug-likeness (QED) is 0.824. The molecule has 0 spiro atoms. The molecule has 0 saturated heterocycles. The number of nitrogens with one attached hydrogen (secondary N) is 2. The van der Waals surface area contributed by atoms with E-state index in [1.165, 1.54) is 0 Å². The second-order valence-corrected chi connectivity index (χ2v) is 6.25. The first-order valence-corrected chi connectivity index (χ1v) is 7.69. The molecule has 0 saturated carbocycles. The Labute approximate surface area is 114 Å². The minimum absolute atomic E-state index is 0.0953. The molecular formula is C13H20N2O3S. The van der Waals surface area contributed by atoms with Crippen LogP contribution >= 0.6 is 0 Å². The Kier molecular flexibility index (Phi) is 5.50. The number of carbonyl (C=O) groups is 1. The van der Waals surface area contributed by atoms with Crippen molar-refractivity contribution in [2.45, 2.75) is 38.1 Å². The monoisotopic (exact) mass is 284 g/mol. The van der Waals surface area contributed by atoms with E-state index in [-0.39, 0.29) is 23.4 Å². The standard InChI is InChI=1S/C13H20N2O3S/c1-4-13(16)15-11(3)9-14-19(17,18)12-7-5-10(2)6-8-12/h5-8,11,14H,4,9H2,1-3H3,(H,15,16). The van der Waals surface area contributed by atoms with Crippen molar-refractivity contribution >= 4 is 15.9 Å². The summed E-state index contributed by atoms with van der Waals surface area (Å²) < 4.78 is 26.4. The van der Waals surface area contributed by atoms with E-state index in [1.54, 1.807) is 38.1 Å². The van der Waals surface area contributed by atoms with Crippen LogP contribution in [0.25, 0.3) is 0 Å². The average Bonchev–Trinajstić information content (AvgIpc) is 2.37. The van der Waals surface area contributed by atoms with Crippen molar-refractivity contribution in [3.8, 4) is 0 Å². The van der Waals surface area contributed by atoms with E-state index in [0.29, 0.717) is 6.42 Å². The van der Waals surface area contributed by atoms with Gasteiger partial charge >= 0.3 is 0 Å². The summed E-state index contributed by atoms with van der Waals surface area (Å²) in [6.07, 6.45) is 0.384. The number of hydrogen-bond acceptors (Lipinski definition) is 3. The van der Waals surface area contributed by atoms with Crippen LogP contribution in [0.15, 0.2) is 29.2 Å². The third-order valence-corrected chi connectivity index (χ3v) is 4.08. The molecule has 0 aliphatic rings. The van der Waals surface area contributed by atoms with Gasteiger partial charge in [-0.3, -0.25) is 4.79 Å². The van der Waals surface area contributed by atoms with E-state index in [2.05, 4.69) is 10.0 Å². The second-order valence-electron chi connectivity index (χ2n) is 4.49. The van der Waals surface area contributed by atoms with Crippen LogP contribution in [0.5, 0.6) is 0 Å². The molecule has 1 unspecified atom stereocenters. The number of aryl methyl sites for hydroxylation is 1. The van der Waals surface area contributed by atoms with Gasteiger partial charge in [-0.05, 0) is 26.0 Å². The van der Waals surface area contributed by atoms with E-state index in [0.717, 1.165) is 5.56 Å². The summed E-state index contributed by atoms with van der Waals surface area (Å²) in [5, 5.41) is 2.70. The lowest BCUT2D eigenvalue weighted by Crippen LogP contribution is -2.41. The largest absolute Gasteiger partial charge is 0.352 e. The first-order valence-electron chi connectivity index (χ1n) is 6.21. The van der Waals surface area contributed by atoms with E-state index in [1.807, 2.05) is 6.92 Å². The summed E-state index contributed by atoms with van der Waals surface area (Å²) in [6, 6.07) is 6.38. The summed E-state index contributed by atoms with van der Waals surface area (Å²) in [4.78, 5) is 11.4. The van der Waals surface area contributed by atoms with Crippen molar-refractivity contribution in [1.29, 1.82) is 0 Å². The smallest absolute Gasteiger partial charge is 0.240 e. The molecule has 1 atom stereocenters. The van der Waals surface area contributed by atoms with Gasteiger partial charge in [0.05, 0.1) is 4.90 Å². The zero-order valence-electron chi connectivity index (χ0n) is 11.4. The first-order chi connectivity index (χ1) is 8.85. The molecule has 1 amide bonds. The molecule has 6 heteroatoms. The minimum atomic E-state index is -3.52. The maximum atomic E-state index is 12.0. The fraction of sp³-hybridized carbons (Fsp3) is 0.462. The molecule has 0 heterocycles. The Bertz CT molecular complexity index is 523. The molecule has 0 aliphatic heterocycles. The van der Waals surface area contributed by atoms with E-state index < -0.39 is 10.0 Å². The van der Waals surface area contributed by atoms with Gasteiger partial charge in [0, 0.05) is 19.0 Å². The van der Waals surface area contributed by atoms with Crippen LogP contribution in [0.4, 0.5) is 0 Å². The Morgan fingerprint density at radius 1 is 1.26 bits per heavy atom. The molecule has 2 N–H and O–H groups in total. The van der Waals surface area contributed by atoms with Gasteiger partial charge in [-0.1, -0.05) is 24.6 Å². The number of rotatable bonds is 6. The van der Waals surface area contributed by atoms with Gasteiger partial charge in [-0.15, -0.1) is 0 Å². The highest BCUT2D eigenvalue weighted by molar-refractivity contribution is 7.89. The maximum Gasteiger partial charge on any atom is 0.240 e. The van der Waals surface area contributed by atoms with Crippen molar-refractivity contribution in [1.82, 2.24) is 10.0 Å². The van der Waals surface area contributed by atoms with Crippen molar-refractivity contribution in [2.75, 3.05) is 6.54 Å². The van der Waals surface area contributed by atoms with Gasteiger partial charge in [0.1, 0.15) is 0 Å². The maximum absolute atomic E-state index is 12.0. The second kappa shape index (κ2) is 6.68. The Hall–Kier alpha value is -1.40. The van der Waals surface area contributed by atoms with E-state index in [4.69, 9.17) is 0 Å². The number of amides is 1. The molecule has 1 aromatic rings. The van der Waals surface area contributed by atoms with E-state index in [9.17, 15) is 13.2 Å². The van der Waals surface area contributed by atoms with Gasteiger partial charge in [0.2, 0.25) is 15.9 Å². The van der Waals surface area contributed by atoms with Gasteiger partial charge in [-0.2, -0.15) is 0 Å². The molecule has 1 aromatic carbocycles. The minimum Gasteiger partial charge on any atom is -0.352 e. The number of carbonyl (C=O) groups excluding carboxylic acids is 1. The molecule has 5 nitrogen and oxygen atoms in total. The summed E-state index contributed by atoms with van der Waals surface area (Å²) in [7, 11) is -3.52. The molecule has 0 bridgehead atoms. The lowest BCUT2D eigenvalue weighted by Gasteiger charge is -2.14. The zero-order valence-corrected chi connectivity index (χ0v) is 12.3. The predicted octanol–water partition coefficient (Wildman–Crippen LogP) is 1.19. The highest BCUT2D eigenvalue weighted by Gasteiger charge is 2.15. The van der Waals surface area contributed by atoms with Crippen molar-refractivity contribution in [3.05, 3.63) is 29.8 Å². The summed E-state index contributed by atoms with van der Waals surface area (Å²) >= 11 is 0. The topological polar surface area (TPSA) is 75.3 Å². The van der Waals surface area contributed by atoms with Crippen molar-refractivity contribution in [2.24, 2.45) is 0 Å². The van der Waals surface area contributed by atoms with Gasteiger partial charge in [-0.25, -0.2) is 13.1 Å². The fourth-order valence-corrected chi connectivity index (χ4v) is 2.59. The summed E-state index contributed by atoms with van der Waals surface area (Å²) in [5.74, 6) is -0.0953. The third kappa shape index (κ3) is 5.00. The first kappa shape index (κ1) is 15.7. The van der Waals surface area contributed by atoms with Crippen LogP contribution in [-0.4, -0.2) is 26.9 Å². The fourth-order valence-electron chi connectivity index (χ4n) is 1.46. The van der Waals surface area contributed by atoms with Crippen LogP contribution in [0.1, 0.15) is 25.8 Å². The van der Waals surface area contributed by atoms with Gasteiger partial charge < -0.3 is 5.32 Å². The highest BCUT2D eigenvalue weighted by Crippen LogP contribution is 2.09. The van der Waals surface area contributed by atoms with Gasteiger partial charge in [0.15, 0.2) is 0 Å². The van der Waals surface area contributed by atoms with Crippen LogP contribution in [-0.2, 0) is 14.8 Å². The molecule has 0 radical (unpaired) electrons. The third-order valence-electron chi connectivity index (χ3n) is 2.64. The molecule has 0 aromatic heterocycles. The normalized spacial score (nSPS) is 13.0. The lowest BCUT2D eigenvalue weighted by molar-refractivity contribution is -0.121. The van der Waals surface area contributed by atoms with Crippen LogP contribution in [0.2, 0.25) is 0 Å². The van der Waals surface area contributed by atoms with E-state index >= 15 is 0 Å². The SMILES string of the molecule is CCC(=O)NC(C)CNS(=O)(=O)c1ccc(C)cc1. The van der Waals surface area contributed by atoms with Gasteiger partial charge in [0.25, 0.3) is 0 Å². The Morgan fingerprint density at radius 2 is 1.84 bits per heavy atom. The zero-order chi connectivity index (χ0) is 14.5. The Morgan fingerprint density at radius 3 is 2.37 bits per heavy atom. The summed E-state index contributed by atoms with van der Waals surface area (Å²) in [6.45, 7) is 5.57. The molecule has 106 valence electrons. The van der Waals surface area contributed by atoms with Crippen molar-refractivity contribution in [3.63, 3.8) is 0 Å². The van der Waals surface area contributed by atoms with Crippen LogP contribution in [0, 0.1) is 6.92 Å². The Balaban J connectivity index is 2.61. The van der Waals surface area contributed by atoms with Crippen molar-refractivity contribution < 1.29 is 13.2 Å². The number of sulfonamides is 1.